The van der Waals surface area contributed by atoms with Crippen LogP contribution in [0.3, 0.4) is 0 Å². The molecule has 1 heterocycles. The number of phenols is 1. The highest BCUT2D eigenvalue weighted by atomic mass is 79.9. The lowest BCUT2D eigenvalue weighted by Gasteiger charge is -2.50. The lowest BCUT2D eigenvalue weighted by molar-refractivity contribution is 0.157. The van der Waals surface area contributed by atoms with E-state index in [2.05, 4.69) is 41.2 Å². The molecule has 2 aliphatic rings. The zero-order valence-corrected chi connectivity index (χ0v) is 11.8. The Hall–Kier alpha value is -0.540. The fourth-order valence-electron chi connectivity index (χ4n) is 3.60. The van der Waals surface area contributed by atoms with E-state index >= 15 is 0 Å². The summed E-state index contributed by atoms with van der Waals surface area (Å²) in [5.41, 5.74) is 2.90. The topological polar surface area (TPSA) is 32.3 Å². The first kappa shape index (κ1) is 11.5. The van der Waals surface area contributed by atoms with Gasteiger partial charge in [-0.15, -0.1) is 0 Å². The Morgan fingerprint density at radius 1 is 1.47 bits per heavy atom. The number of hydrogen-bond acceptors (Lipinski definition) is 2. The van der Waals surface area contributed by atoms with Gasteiger partial charge < -0.3 is 10.4 Å². The number of fused-ring (bicyclic) bond motifs is 4. The lowest BCUT2D eigenvalue weighted by Crippen LogP contribution is -2.56. The van der Waals surface area contributed by atoms with E-state index in [9.17, 15) is 5.11 Å². The predicted octanol–water partition coefficient (Wildman–Crippen LogP) is 2.97. The van der Waals surface area contributed by atoms with Crippen molar-refractivity contribution in [2.75, 3.05) is 6.54 Å². The van der Waals surface area contributed by atoms with Gasteiger partial charge in [0, 0.05) is 6.04 Å². The van der Waals surface area contributed by atoms with Crippen LogP contribution in [0.4, 0.5) is 0 Å². The van der Waals surface area contributed by atoms with Crippen molar-refractivity contribution >= 4 is 15.9 Å². The number of aromatic hydroxyl groups is 1. The molecule has 0 saturated carbocycles. The second-order valence-corrected chi connectivity index (χ2v) is 6.45. The molecule has 0 spiro atoms. The van der Waals surface area contributed by atoms with Gasteiger partial charge >= 0.3 is 0 Å². The van der Waals surface area contributed by atoms with Gasteiger partial charge in [0.25, 0.3) is 0 Å². The highest BCUT2D eigenvalue weighted by molar-refractivity contribution is 9.10. The van der Waals surface area contributed by atoms with Crippen LogP contribution >= 0.6 is 15.9 Å². The molecule has 92 valence electrons. The summed E-state index contributed by atoms with van der Waals surface area (Å²) in [4.78, 5) is 0. The number of nitrogens with one attached hydrogen (secondary N) is 1. The predicted molar refractivity (Wildman–Crippen MR) is 72.4 cm³/mol. The van der Waals surface area contributed by atoms with Crippen molar-refractivity contribution in [1.29, 1.82) is 0 Å². The van der Waals surface area contributed by atoms with E-state index in [1.807, 2.05) is 0 Å². The monoisotopic (exact) mass is 295 g/mol. The highest BCUT2D eigenvalue weighted by Crippen LogP contribution is 2.50. The van der Waals surface area contributed by atoms with Crippen LogP contribution in [-0.2, 0) is 11.8 Å². The molecular formula is C14H18BrNO. The zero-order valence-electron chi connectivity index (χ0n) is 10.3. The van der Waals surface area contributed by atoms with E-state index in [0.29, 0.717) is 17.7 Å². The molecule has 1 aliphatic carbocycles. The molecule has 3 atom stereocenters. The van der Waals surface area contributed by atoms with E-state index in [1.165, 1.54) is 11.1 Å². The van der Waals surface area contributed by atoms with Gasteiger partial charge in [0.1, 0.15) is 5.75 Å². The quantitative estimate of drug-likeness (QED) is 0.771. The highest BCUT2D eigenvalue weighted by Gasteiger charge is 2.46. The molecule has 3 heteroatoms. The molecule has 0 amide bonds. The van der Waals surface area contributed by atoms with Crippen LogP contribution in [-0.4, -0.2) is 17.7 Å². The number of piperidine rings is 1. The third-order valence-corrected chi connectivity index (χ3v) is 5.68. The van der Waals surface area contributed by atoms with E-state index in [1.54, 1.807) is 6.07 Å². The summed E-state index contributed by atoms with van der Waals surface area (Å²) < 4.78 is 0.907. The van der Waals surface area contributed by atoms with Gasteiger partial charge in [-0.2, -0.15) is 0 Å². The summed E-state index contributed by atoms with van der Waals surface area (Å²) in [7, 11) is 0. The van der Waals surface area contributed by atoms with Gasteiger partial charge in [-0.05, 0) is 63.8 Å². The van der Waals surface area contributed by atoms with E-state index in [4.69, 9.17) is 0 Å². The van der Waals surface area contributed by atoms with E-state index in [0.717, 1.165) is 23.9 Å². The van der Waals surface area contributed by atoms with Gasteiger partial charge in [0.2, 0.25) is 0 Å². The fraction of sp³-hybridized carbons (Fsp3) is 0.571. The van der Waals surface area contributed by atoms with Crippen LogP contribution in [0, 0.1) is 5.92 Å². The molecule has 17 heavy (non-hydrogen) atoms. The van der Waals surface area contributed by atoms with Crippen LogP contribution in [0.25, 0.3) is 0 Å². The second-order valence-electron chi connectivity index (χ2n) is 5.65. The van der Waals surface area contributed by atoms with Gasteiger partial charge in [0.15, 0.2) is 0 Å². The number of halogens is 1. The minimum absolute atomic E-state index is 0.182. The average molecular weight is 296 g/mol. The first-order chi connectivity index (χ1) is 8.04. The molecule has 0 unspecified atom stereocenters. The molecule has 2 N–H and O–H groups in total. The van der Waals surface area contributed by atoms with Crippen molar-refractivity contribution in [2.45, 2.75) is 38.1 Å². The minimum atomic E-state index is 0.182. The second kappa shape index (κ2) is 3.72. The van der Waals surface area contributed by atoms with Crippen LogP contribution in [0.2, 0.25) is 0 Å². The molecule has 1 fully saturated rings. The van der Waals surface area contributed by atoms with Crippen molar-refractivity contribution in [3.63, 3.8) is 0 Å². The first-order valence-electron chi connectivity index (χ1n) is 6.28. The Kier molecular flexibility index (Phi) is 2.53. The molecular weight excluding hydrogens is 278 g/mol. The van der Waals surface area contributed by atoms with Crippen molar-refractivity contribution in [2.24, 2.45) is 5.92 Å². The molecule has 1 saturated heterocycles. The molecule has 1 aromatic rings. The number of phenolic OH excluding ortho intramolecular Hbond substituents is 1. The van der Waals surface area contributed by atoms with Crippen LogP contribution in [0.15, 0.2) is 16.6 Å². The van der Waals surface area contributed by atoms with Gasteiger partial charge in [-0.1, -0.05) is 19.9 Å². The number of hydrogen-bond donors (Lipinski definition) is 2. The minimum Gasteiger partial charge on any atom is -0.507 e. The standard InChI is InChI=1S/C14H18BrNO/c1-8-10-7-9-3-4-11(17)13(15)12(9)14(8,2)5-6-16-10/h3-4,8,10,16-17H,5-7H2,1-2H3/t8-,10+,14+/m1/s1. The first-order valence-corrected chi connectivity index (χ1v) is 7.07. The van der Waals surface area contributed by atoms with Crippen molar-refractivity contribution in [3.8, 4) is 5.75 Å². The summed E-state index contributed by atoms with van der Waals surface area (Å²) in [6.45, 7) is 5.75. The molecule has 2 nitrogen and oxygen atoms in total. The SMILES string of the molecule is C[C@@H]1[C@@H]2Cc3ccc(O)c(Br)c3[C@@]1(C)CCN2. The Morgan fingerprint density at radius 3 is 3.00 bits per heavy atom. The smallest absolute Gasteiger partial charge is 0.130 e. The summed E-state index contributed by atoms with van der Waals surface area (Å²) in [5, 5.41) is 13.5. The Bertz CT molecular complexity index is 474. The largest absolute Gasteiger partial charge is 0.507 e. The molecule has 0 radical (unpaired) electrons. The van der Waals surface area contributed by atoms with Crippen LogP contribution < -0.4 is 5.32 Å². The summed E-state index contributed by atoms with van der Waals surface area (Å²) in [6, 6.07) is 4.47. The summed E-state index contributed by atoms with van der Waals surface area (Å²) in [5.74, 6) is 0.982. The van der Waals surface area contributed by atoms with Crippen molar-refractivity contribution < 1.29 is 5.11 Å². The van der Waals surface area contributed by atoms with Crippen molar-refractivity contribution in [3.05, 3.63) is 27.7 Å². The average Bonchev–Trinajstić information content (AvgIpc) is 2.27. The molecule has 2 bridgehead atoms. The number of benzene rings is 1. The maximum absolute atomic E-state index is 9.91. The molecule has 0 aromatic heterocycles. The molecule has 3 rings (SSSR count). The maximum Gasteiger partial charge on any atom is 0.130 e. The number of rotatable bonds is 0. The molecule has 1 aromatic carbocycles. The van der Waals surface area contributed by atoms with E-state index < -0.39 is 0 Å². The summed E-state index contributed by atoms with van der Waals surface area (Å²) in [6.07, 6.45) is 2.21. The Labute approximate surface area is 111 Å². The lowest BCUT2D eigenvalue weighted by atomic mass is 9.59. The van der Waals surface area contributed by atoms with Gasteiger partial charge in [0.05, 0.1) is 4.47 Å². The van der Waals surface area contributed by atoms with E-state index in [-0.39, 0.29) is 5.41 Å². The fourth-order valence-corrected chi connectivity index (χ4v) is 4.44. The third kappa shape index (κ3) is 1.48. The van der Waals surface area contributed by atoms with Gasteiger partial charge in [-0.25, -0.2) is 0 Å². The normalized spacial score (nSPS) is 35.5. The van der Waals surface area contributed by atoms with Crippen LogP contribution in [0.1, 0.15) is 31.4 Å². The Balaban J connectivity index is 2.24. The summed E-state index contributed by atoms with van der Waals surface area (Å²) >= 11 is 3.58. The van der Waals surface area contributed by atoms with Crippen LogP contribution in [0.5, 0.6) is 5.75 Å². The maximum atomic E-state index is 9.91. The Morgan fingerprint density at radius 2 is 2.24 bits per heavy atom. The third-order valence-electron chi connectivity index (χ3n) is 4.88. The van der Waals surface area contributed by atoms with Crippen molar-refractivity contribution in [1.82, 2.24) is 5.32 Å². The molecule has 1 aliphatic heterocycles. The van der Waals surface area contributed by atoms with Gasteiger partial charge in [-0.3, -0.25) is 0 Å². The zero-order chi connectivity index (χ0) is 12.2.